The Balaban J connectivity index is 2.38. The quantitative estimate of drug-likeness (QED) is 0.686. The maximum Gasteiger partial charge on any atom is 0.335 e. The Labute approximate surface area is 92.8 Å². The summed E-state index contributed by atoms with van der Waals surface area (Å²) in [5.41, 5.74) is 5.64. The van der Waals surface area contributed by atoms with Gasteiger partial charge in [-0.05, 0) is 5.56 Å². The number of esters is 1. The highest BCUT2D eigenvalue weighted by Crippen LogP contribution is 2.03. The second-order valence-electron chi connectivity index (χ2n) is 3.28. The molecule has 0 heterocycles. The van der Waals surface area contributed by atoms with Crippen LogP contribution in [0.2, 0.25) is 0 Å². The zero-order chi connectivity index (χ0) is 12.0. The molecule has 0 aliphatic carbocycles. The lowest BCUT2D eigenvalue weighted by Gasteiger charge is -2.08. The van der Waals surface area contributed by atoms with Gasteiger partial charge in [-0.1, -0.05) is 30.3 Å². The lowest BCUT2D eigenvalue weighted by Crippen LogP contribution is -2.28. The van der Waals surface area contributed by atoms with Crippen LogP contribution in [0.1, 0.15) is 12.0 Å². The molecule has 0 saturated heterocycles. The number of carbonyl (C=O) groups excluding carboxylic acids is 2. The van der Waals surface area contributed by atoms with Gasteiger partial charge in [0.05, 0.1) is 6.42 Å². The molecule has 86 valence electrons. The highest BCUT2D eigenvalue weighted by molar-refractivity contribution is 5.83. The lowest BCUT2D eigenvalue weighted by molar-refractivity contribution is -0.156. The zero-order valence-corrected chi connectivity index (χ0v) is 8.63. The number of carbonyl (C=O) groups is 2. The van der Waals surface area contributed by atoms with Crippen LogP contribution in [0.5, 0.6) is 0 Å². The SMILES string of the molecule is NC(=O)C[C@H](O)C(=O)OCc1ccccc1. The Hall–Kier alpha value is -1.88. The molecule has 0 aliphatic rings. The third-order valence-electron chi connectivity index (χ3n) is 1.89. The van der Waals surface area contributed by atoms with Crippen LogP contribution in [0.4, 0.5) is 0 Å². The molecule has 0 saturated carbocycles. The average molecular weight is 223 g/mol. The fourth-order valence-electron chi connectivity index (χ4n) is 1.10. The molecule has 0 aliphatic heterocycles. The number of hydrogen-bond donors (Lipinski definition) is 2. The topological polar surface area (TPSA) is 89.6 Å². The van der Waals surface area contributed by atoms with Crippen LogP contribution in [0.3, 0.4) is 0 Å². The molecular weight excluding hydrogens is 210 g/mol. The van der Waals surface area contributed by atoms with E-state index in [1.807, 2.05) is 18.2 Å². The molecule has 5 heteroatoms. The van der Waals surface area contributed by atoms with E-state index in [2.05, 4.69) is 0 Å². The standard InChI is InChI=1S/C11H13NO4/c12-10(14)6-9(13)11(15)16-7-8-4-2-1-3-5-8/h1-5,9,13H,6-7H2,(H2,12,14)/t9-/m0/s1. The molecule has 1 aromatic carbocycles. The van der Waals surface area contributed by atoms with Gasteiger partial charge in [0.25, 0.3) is 0 Å². The minimum absolute atomic E-state index is 0.0650. The molecular formula is C11H13NO4. The Bertz CT molecular complexity index is 364. The van der Waals surface area contributed by atoms with E-state index in [4.69, 9.17) is 10.5 Å². The number of hydrogen-bond acceptors (Lipinski definition) is 4. The molecule has 0 radical (unpaired) electrons. The van der Waals surface area contributed by atoms with Crippen molar-refractivity contribution < 1.29 is 19.4 Å². The van der Waals surface area contributed by atoms with Crippen molar-refractivity contribution in [2.24, 2.45) is 5.73 Å². The van der Waals surface area contributed by atoms with Gasteiger partial charge in [-0.2, -0.15) is 0 Å². The number of benzene rings is 1. The van der Waals surface area contributed by atoms with E-state index in [0.29, 0.717) is 0 Å². The highest BCUT2D eigenvalue weighted by atomic mass is 16.5. The van der Waals surface area contributed by atoms with E-state index in [0.717, 1.165) is 5.56 Å². The van der Waals surface area contributed by atoms with Gasteiger partial charge in [-0.25, -0.2) is 4.79 Å². The summed E-state index contributed by atoms with van der Waals surface area (Å²) in [5, 5.41) is 9.19. The van der Waals surface area contributed by atoms with Crippen LogP contribution in [0.25, 0.3) is 0 Å². The normalized spacial score (nSPS) is 11.8. The molecule has 16 heavy (non-hydrogen) atoms. The second kappa shape index (κ2) is 5.87. The molecule has 3 N–H and O–H groups in total. The van der Waals surface area contributed by atoms with Crippen molar-refractivity contribution in [1.29, 1.82) is 0 Å². The molecule has 5 nitrogen and oxygen atoms in total. The highest BCUT2D eigenvalue weighted by Gasteiger charge is 2.18. The van der Waals surface area contributed by atoms with Crippen LogP contribution in [-0.4, -0.2) is 23.1 Å². The number of primary amides is 1. The maximum absolute atomic E-state index is 11.2. The van der Waals surface area contributed by atoms with Gasteiger partial charge >= 0.3 is 5.97 Å². The fourth-order valence-corrected chi connectivity index (χ4v) is 1.10. The van der Waals surface area contributed by atoms with Crippen molar-refractivity contribution in [1.82, 2.24) is 0 Å². The van der Waals surface area contributed by atoms with E-state index in [1.165, 1.54) is 0 Å². The van der Waals surface area contributed by atoms with Crippen molar-refractivity contribution in [3.63, 3.8) is 0 Å². The second-order valence-corrected chi connectivity index (χ2v) is 3.28. The number of aliphatic hydroxyl groups is 1. The molecule has 1 rings (SSSR count). The van der Waals surface area contributed by atoms with E-state index in [1.54, 1.807) is 12.1 Å². The first-order chi connectivity index (χ1) is 7.59. The van der Waals surface area contributed by atoms with Crippen LogP contribution in [0.15, 0.2) is 30.3 Å². The minimum atomic E-state index is -1.48. The summed E-state index contributed by atoms with van der Waals surface area (Å²) in [5.74, 6) is -1.59. The molecule has 0 fully saturated rings. The summed E-state index contributed by atoms with van der Waals surface area (Å²) >= 11 is 0. The number of nitrogens with two attached hydrogens (primary N) is 1. The third kappa shape index (κ3) is 4.10. The van der Waals surface area contributed by atoms with Crippen LogP contribution < -0.4 is 5.73 Å². The van der Waals surface area contributed by atoms with Gasteiger partial charge in [-0.3, -0.25) is 4.79 Å². The van der Waals surface area contributed by atoms with E-state index < -0.39 is 24.4 Å². The van der Waals surface area contributed by atoms with Gasteiger partial charge < -0.3 is 15.6 Å². The van der Waals surface area contributed by atoms with Crippen LogP contribution in [0, 0.1) is 0 Å². The van der Waals surface area contributed by atoms with E-state index in [-0.39, 0.29) is 6.61 Å². The average Bonchev–Trinajstić information content (AvgIpc) is 2.26. The van der Waals surface area contributed by atoms with Gasteiger partial charge in [0.2, 0.25) is 5.91 Å². The van der Waals surface area contributed by atoms with Crippen molar-refractivity contribution >= 4 is 11.9 Å². The molecule has 1 aromatic rings. The summed E-state index contributed by atoms with van der Waals surface area (Å²) in [6.07, 6.45) is -1.91. The monoisotopic (exact) mass is 223 g/mol. The molecule has 0 bridgehead atoms. The Morgan fingerprint density at radius 1 is 1.31 bits per heavy atom. The van der Waals surface area contributed by atoms with Gasteiger partial charge in [-0.15, -0.1) is 0 Å². The zero-order valence-electron chi connectivity index (χ0n) is 8.63. The molecule has 0 aromatic heterocycles. The molecule has 1 atom stereocenters. The number of amides is 1. The van der Waals surface area contributed by atoms with Crippen molar-refractivity contribution in [3.05, 3.63) is 35.9 Å². The third-order valence-corrected chi connectivity index (χ3v) is 1.89. The molecule has 0 spiro atoms. The lowest BCUT2D eigenvalue weighted by atomic mass is 10.2. The summed E-state index contributed by atoms with van der Waals surface area (Å²) in [6.45, 7) is 0.0650. The van der Waals surface area contributed by atoms with Crippen molar-refractivity contribution in [3.8, 4) is 0 Å². The first kappa shape index (κ1) is 12.2. The summed E-state index contributed by atoms with van der Waals surface area (Å²) in [7, 11) is 0. The first-order valence-corrected chi connectivity index (χ1v) is 4.76. The molecule has 1 amide bonds. The summed E-state index contributed by atoms with van der Waals surface area (Å²) in [4.78, 5) is 21.6. The van der Waals surface area contributed by atoms with Crippen LogP contribution >= 0.6 is 0 Å². The minimum Gasteiger partial charge on any atom is -0.459 e. The van der Waals surface area contributed by atoms with Gasteiger partial charge in [0, 0.05) is 0 Å². The van der Waals surface area contributed by atoms with Crippen LogP contribution in [-0.2, 0) is 20.9 Å². The van der Waals surface area contributed by atoms with Gasteiger partial charge in [0.15, 0.2) is 6.10 Å². The van der Waals surface area contributed by atoms with Gasteiger partial charge in [0.1, 0.15) is 6.61 Å². The Morgan fingerprint density at radius 2 is 1.94 bits per heavy atom. The van der Waals surface area contributed by atoms with E-state index in [9.17, 15) is 14.7 Å². The largest absolute Gasteiger partial charge is 0.459 e. The fraction of sp³-hybridized carbons (Fsp3) is 0.273. The van der Waals surface area contributed by atoms with Crippen molar-refractivity contribution in [2.75, 3.05) is 0 Å². The number of ether oxygens (including phenoxy) is 1. The smallest absolute Gasteiger partial charge is 0.335 e. The predicted octanol–water partition coefficient (Wildman–Crippen LogP) is -0.0339. The predicted molar refractivity (Wildman–Crippen MR) is 56.1 cm³/mol. The summed E-state index contributed by atoms with van der Waals surface area (Å²) in [6, 6.07) is 9.03. The Kier molecular flexibility index (Phi) is 4.47. The molecule has 0 unspecified atom stereocenters. The van der Waals surface area contributed by atoms with E-state index >= 15 is 0 Å². The number of rotatable bonds is 5. The maximum atomic E-state index is 11.2. The number of aliphatic hydroxyl groups excluding tert-OH is 1. The summed E-state index contributed by atoms with van der Waals surface area (Å²) < 4.78 is 4.79. The van der Waals surface area contributed by atoms with Crippen molar-refractivity contribution in [2.45, 2.75) is 19.1 Å². The Morgan fingerprint density at radius 3 is 2.50 bits per heavy atom. The first-order valence-electron chi connectivity index (χ1n) is 4.76.